The molecule has 4 atom stereocenters. The molecule has 2 unspecified atom stereocenters. The number of carbonyl (C=O) groups is 4. The van der Waals surface area contributed by atoms with Gasteiger partial charge in [-0.15, -0.1) is 0 Å². The molecule has 0 saturated carbocycles. The molecule has 0 radical (unpaired) electrons. The van der Waals surface area contributed by atoms with Crippen molar-refractivity contribution in [3.05, 3.63) is 0 Å². The highest BCUT2D eigenvalue weighted by molar-refractivity contribution is 5.87. The van der Waals surface area contributed by atoms with E-state index in [0.29, 0.717) is 0 Å². The van der Waals surface area contributed by atoms with E-state index in [2.05, 4.69) is 18.9 Å². The van der Waals surface area contributed by atoms with E-state index in [9.17, 15) is 19.2 Å². The zero-order chi connectivity index (χ0) is 15.4. The van der Waals surface area contributed by atoms with Gasteiger partial charge in [0, 0.05) is 0 Å². The SMILES string of the molecule is CC1OC(=O)C(C)OC1=O.C[C@@H]1OC(=O)[C@H](C)OC1=O. The highest BCUT2D eigenvalue weighted by atomic mass is 16.7. The highest BCUT2D eigenvalue weighted by Crippen LogP contribution is 2.09. The van der Waals surface area contributed by atoms with E-state index in [4.69, 9.17) is 0 Å². The summed E-state index contributed by atoms with van der Waals surface area (Å²) in [7, 11) is 0. The maximum atomic E-state index is 10.7. The Morgan fingerprint density at radius 3 is 0.800 bits per heavy atom. The fraction of sp³-hybridized carbons (Fsp3) is 0.667. The van der Waals surface area contributed by atoms with E-state index in [1.807, 2.05) is 0 Å². The fourth-order valence-electron chi connectivity index (χ4n) is 1.27. The van der Waals surface area contributed by atoms with Crippen LogP contribution in [0, 0.1) is 0 Å². The molecule has 2 fully saturated rings. The lowest BCUT2D eigenvalue weighted by molar-refractivity contribution is -0.191. The first-order chi connectivity index (χ1) is 9.22. The number of ether oxygens (including phenoxy) is 4. The lowest BCUT2D eigenvalue weighted by Gasteiger charge is -2.22. The number of carbonyl (C=O) groups excluding carboxylic acids is 4. The van der Waals surface area contributed by atoms with Gasteiger partial charge in [-0.25, -0.2) is 19.2 Å². The second kappa shape index (κ2) is 6.36. The van der Waals surface area contributed by atoms with Crippen molar-refractivity contribution in [1.29, 1.82) is 0 Å². The molecule has 20 heavy (non-hydrogen) atoms. The molecule has 2 rings (SSSR count). The smallest absolute Gasteiger partial charge is 0.347 e. The summed E-state index contributed by atoms with van der Waals surface area (Å²) >= 11 is 0. The van der Waals surface area contributed by atoms with E-state index in [0.717, 1.165) is 0 Å². The Morgan fingerprint density at radius 1 is 0.500 bits per heavy atom. The van der Waals surface area contributed by atoms with E-state index in [1.165, 1.54) is 27.7 Å². The summed E-state index contributed by atoms with van der Waals surface area (Å²) in [5.74, 6) is -1.92. The van der Waals surface area contributed by atoms with Gasteiger partial charge >= 0.3 is 23.9 Å². The van der Waals surface area contributed by atoms with Crippen molar-refractivity contribution in [1.82, 2.24) is 0 Å². The molecular weight excluding hydrogens is 272 g/mol. The standard InChI is InChI=1S/2C6H8O4/c2*1-3-5(7)10-4(2)6(8)9-3/h2*3-4H,1-2H3/t3-,4-;/m0./s1. The van der Waals surface area contributed by atoms with Gasteiger partial charge in [0.15, 0.2) is 24.4 Å². The molecule has 2 aliphatic heterocycles. The fourth-order valence-corrected chi connectivity index (χ4v) is 1.27. The van der Waals surface area contributed by atoms with E-state index in [1.54, 1.807) is 0 Å². The van der Waals surface area contributed by atoms with Crippen LogP contribution in [0.2, 0.25) is 0 Å². The van der Waals surface area contributed by atoms with E-state index < -0.39 is 48.3 Å². The number of cyclic esters (lactones) is 4. The summed E-state index contributed by atoms with van der Waals surface area (Å²) < 4.78 is 18.4. The normalized spacial score (nSPS) is 33.0. The highest BCUT2D eigenvalue weighted by Gasteiger charge is 2.32. The lowest BCUT2D eigenvalue weighted by atomic mass is 10.3. The van der Waals surface area contributed by atoms with Crippen LogP contribution in [0.1, 0.15) is 27.7 Å². The predicted octanol–water partition coefficient (Wildman–Crippen LogP) is -0.273. The first kappa shape index (κ1) is 15.9. The van der Waals surface area contributed by atoms with Crippen LogP contribution in [0.5, 0.6) is 0 Å². The number of hydrogen-bond acceptors (Lipinski definition) is 8. The molecule has 0 aliphatic carbocycles. The van der Waals surface area contributed by atoms with Crippen LogP contribution in [-0.2, 0) is 38.1 Å². The van der Waals surface area contributed by atoms with Gasteiger partial charge in [0.1, 0.15) is 0 Å². The van der Waals surface area contributed by atoms with Crippen LogP contribution in [0.25, 0.3) is 0 Å². The molecule has 2 heterocycles. The topological polar surface area (TPSA) is 105 Å². The summed E-state index contributed by atoms with van der Waals surface area (Å²) in [4.78, 5) is 42.6. The Labute approximate surface area is 115 Å². The molecule has 112 valence electrons. The van der Waals surface area contributed by atoms with Crippen molar-refractivity contribution in [3.8, 4) is 0 Å². The molecule has 0 bridgehead atoms. The van der Waals surface area contributed by atoms with Gasteiger partial charge in [-0.2, -0.15) is 0 Å². The summed E-state index contributed by atoms with van der Waals surface area (Å²) in [6.07, 6.45) is -2.99. The summed E-state index contributed by atoms with van der Waals surface area (Å²) in [6, 6.07) is 0. The second-order valence-corrected chi connectivity index (χ2v) is 4.32. The van der Waals surface area contributed by atoms with Crippen LogP contribution in [0.15, 0.2) is 0 Å². The monoisotopic (exact) mass is 288 g/mol. The molecular formula is C12H16O8. The zero-order valence-electron chi connectivity index (χ0n) is 11.6. The third-order valence-corrected chi connectivity index (χ3v) is 2.50. The van der Waals surface area contributed by atoms with Crippen LogP contribution >= 0.6 is 0 Å². The maximum Gasteiger partial charge on any atom is 0.347 e. The Hall–Kier alpha value is -2.12. The van der Waals surface area contributed by atoms with E-state index in [-0.39, 0.29) is 0 Å². The Kier molecular flexibility index (Phi) is 5.06. The minimum atomic E-state index is -0.747. The Bertz CT molecular complexity index is 349. The third kappa shape index (κ3) is 3.94. The average molecular weight is 288 g/mol. The lowest BCUT2D eigenvalue weighted by Crippen LogP contribution is -2.40. The minimum absolute atomic E-state index is 0.480. The van der Waals surface area contributed by atoms with Gasteiger partial charge in [-0.05, 0) is 27.7 Å². The van der Waals surface area contributed by atoms with Gasteiger partial charge in [-0.3, -0.25) is 0 Å². The molecule has 0 amide bonds. The van der Waals surface area contributed by atoms with Crippen molar-refractivity contribution >= 4 is 23.9 Å². The Morgan fingerprint density at radius 2 is 0.650 bits per heavy atom. The van der Waals surface area contributed by atoms with Crippen molar-refractivity contribution in [2.75, 3.05) is 0 Å². The quantitative estimate of drug-likeness (QED) is 0.443. The van der Waals surface area contributed by atoms with Crippen LogP contribution in [-0.4, -0.2) is 48.3 Å². The first-order valence-corrected chi connectivity index (χ1v) is 6.04. The molecule has 8 heteroatoms. The maximum absolute atomic E-state index is 10.7. The van der Waals surface area contributed by atoms with Crippen LogP contribution in [0.3, 0.4) is 0 Å². The largest absolute Gasteiger partial charge is 0.448 e. The summed E-state index contributed by atoms with van der Waals surface area (Å²) in [5.41, 5.74) is 0. The van der Waals surface area contributed by atoms with Crippen molar-refractivity contribution < 1.29 is 38.1 Å². The predicted molar refractivity (Wildman–Crippen MR) is 62.2 cm³/mol. The molecule has 0 aromatic heterocycles. The molecule has 0 spiro atoms. The van der Waals surface area contributed by atoms with Crippen molar-refractivity contribution in [2.24, 2.45) is 0 Å². The molecule has 0 N–H and O–H groups in total. The zero-order valence-corrected chi connectivity index (χ0v) is 11.6. The molecule has 2 saturated heterocycles. The molecule has 2 aliphatic rings. The second-order valence-electron chi connectivity index (χ2n) is 4.32. The minimum Gasteiger partial charge on any atom is -0.448 e. The molecule has 8 nitrogen and oxygen atoms in total. The molecule has 0 aromatic rings. The third-order valence-electron chi connectivity index (χ3n) is 2.50. The van der Waals surface area contributed by atoms with Gasteiger partial charge in [0.2, 0.25) is 0 Å². The van der Waals surface area contributed by atoms with Gasteiger partial charge < -0.3 is 18.9 Å². The van der Waals surface area contributed by atoms with Gasteiger partial charge in [0.25, 0.3) is 0 Å². The van der Waals surface area contributed by atoms with Crippen molar-refractivity contribution in [3.63, 3.8) is 0 Å². The number of esters is 4. The molecule has 0 aromatic carbocycles. The van der Waals surface area contributed by atoms with Crippen LogP contribution in [0.4, 0.5) is 0 Å². The van der Waals surface area contributed by atoms with Crippen LogP contribution < -0.4 is 0 Å². The Balaban J connectivity index is 0.000000200. The van der Waals surface area contributed by atoms with Crippen molar-refractivity contribution in [2.45, 2.75) is 52.1 Å². The number of hydrogen-bond donors (Lipinski definition) is 0. The van der Waals surface area contributed by atoms with Gasteiger partial charge in [0.05, 0.1) is 0 Å². The first-order valence-electron chi connectivity index (χ1n) is 6.04. The summed E-state index contributed by atoms with van der Waals surface area (Å²) in [5, 5.41) is 0. The number of rotatable bonds is 0. The van der Waals surface area contributed by atoms with E-state index >= 15 is 0 Å². The summed E-state index contributed by atoms with van der Waals surface area (Å²) in [6.45, 7) is 5.91. The van der Waals surface area contributed by atoms with Gasteiger partial charge in [-0.1, -0.05) is 0 Å². The average Bonchev–Trinajstić information content (AvgIpc) is 2.35.